The van der Waals surface area contributed by atoms with Gasteiger partial charge in [-0.1, -0.05) is 12.1 Å². The molecule has 2 nitrogen and oxygen atoms in total. The lowest BCUT2D eigenvalue weighted by molar-refractivity contribution is 0.512. The van der Waals surface area contributed by atoms with E-state index in [2.05, 4.69) is 41.5 Å². The first-order valence-electron chi connectivity index (χ1n) is 6.05. The molecule has 2 unspecified atom stereocenters. The van der Waals surface area contributed by atoms with E-state index in [1.165, 1.54) is 23.1 Å². The maximum Gasteiger partial charge on any atom is 0.0791 e. The fourth-order valence-corrected chi connectivity index (χ4v) is 3.60. The van der Waals surface area contributed by atoms with Crippen LogP contribution in [0.3, 0.4) is 0 Å². The van der Waals surface area contributed by atoms with Gasteiger partial charge in [0.25, 0.3) is 0 Å². The van der Waals surface area contributed by atoms with E-state index in [1.54, 1.807) is 0 Å². The molecule has 0 amide bonds. The van der Waals surface area contributed by atoms with Crippen molar-refractivity contribution in [2.45, 2.75) is 24.8 Å². The monoisotopic (exact) mass is 244 g/mol. The number of thioether (sulfide) groups is 1. The third kappa shape index (κ3) is 2.31. The summed E-state index contributed by atoms with van der Waals surface area (Å²) in [7, 11) is 0. The summed E-state index contributed by atoms with van der Waals surface area (Å²) >= 11 is 2.00. The van der Waals surface area contributed by atoms with Gasteiger partial charge in [-0.3, -0.25) is 10.3 Å². The van der Waals surface area contributed by atoms with Gasteiger partial charge in [-0.05, 0) is 42.9 Å². The molecular formula is C14H16N2S. The first kappa shape index (κ1) is 11.1. The molecule has 88 valence electrons. The normalized spacial score (nSPS) is 25.0. The highest BCUT2D eigenvalue weighted by Crippen LogP contribution is 2.32. The van der Waals surface area contributed by atoms with Crippen LogP contribution in [0.2, 0.25) is 0 Å². The molecule has 1 aromatic heterocycles. The predicted molar refractivity (Wildman–Crippen MR) is 74.2 cm³/mol. The van der Waals surface area contributed by atoms with Crippen molar-refractivity contribution in [2.24, 2.45) is 0 Å². The number of nitrogens with one attached hydrogen (secondary N) is 1. The summed E-state index contributed by atoms with van der Waals surface area (Å²) in [6.45, 7) is 2.26. The summed E-state index contributed by atoms with van der Waals surface area (Å²) in [5.74, 6) is 1.24. The number of hydrogen-bond acceptors (Lipinski definition) is 3. The summed E-state index contributed by atoms with van der Waals surface area (Å²) < 4.78 is 0. The Bertz CT molecular complexity index is 526. The molecule has 1 saturated heterocycles. The van der Waals surface area contributed by atoms with Crippen LogP contribution < -0.4 is 5.32 Å². The molecule has 2 heterocycles. The van der Waals surface area contributed by atoms with Gasteiger partial charge in [0.2, 0.25) is 0 Å². The van der Waals surface area contributed by atoms with Crippen LogP contribution >= 0.6 is 11.8 Å². The SMILES string of the molecule is CC1CCSC(c2ccc3ncccc3c2)N1. The first-order chi connectivity index (χ1) is 8.33. The zero-order valence-corrected chi connectivity index (χ0v) is 10.7. The van der Waals surface area contributed by atoms with E-state index < -0.39 is 0 Å². The summed E-state index contributed by atoms with van der Waals surface area (Å²) in [5.41, 5.74) is 2.44. The van der Waals surface area contributed by atoms with Gasteiger partial charge in [-0.25, -0.2) is 0 Å². The van der Waals surface area contributed by atoms with Crippen molar-refractivity contribution < 1.29 is 0 Å². The molecule has 2 aromatic rings. The molecule has 2 atom stereocenters. The van der Waals surface area contributed by atoms with E-state index in [0.29, 0.717) is 11.4 Å². The zero-order valence-electron chi connectivity index (χ0n) is 9.89. The Labute approximate surface area is 106 Å². The molecule has 1 fully saturated rings. The third-order valence-corrected chi connectivity index (χ3v) is 4.41. The van der Waals surface area contributed by atoms with E-state index in [4.69, 9.17) is 0 Å². The average molecular weight is 244 g/mol. The van der Waals surface area contributed by atoms with Crippen LogP contribution in [-0.2, 0) is 0 Å². The van der Waals surface area contributed by atoms with E-state index in [-0.39, 0.29) is 0 Å². The number of fused-ring (bicyclic) bond motifs is 1. The first-order valence-corrected chi connectivity index (χ1v) is 7.10. The fourth-order valence-electron chi connectivity index (χ4n) is 2.20. The Morgan fingerprint density at radius 1 is 1.35 bits per heavy atom. The van der Waals surface area contributed by atoms with E-state index in [1.807, 2.05) is 24.0 Å². The van der Waals surface area contributed by atoms with Crippen molar-refractivity contribution >= 4 is 22.7 Å². The Balaban J connectivity index is 1.94. The van der Waals surface area contributed by atoms with Crippen LogP contribution in [0.4, 0.5) is 0 Å². The zero-order chi connectivity index (χ0) is 11.7. The number of aromatic nitrogens is 1. The lowest BCUT2D eigenvalue weighted by Gasteiger charge is -2.28. The van der Waals surface area contributed by atoms with Crippen molar-refractivity contribution in [2.75, 3.05) is 5.75 Å². The second-order valence-corrected chi connectivity index (χ2v) is 5.78. The lowest BCUT2D eigenvalue weighted by atomic mass is 10.1. The van der Waals surface area contributed by atoms with Gasteiger partial charge in [-0.2, -0.15) is 0 Å². The second kappa shape index (κ2) is 4.67. The molecule has 1 aliphatic rings. The molecule has 3 rings (SSSR count). The van der Waals surface area contributed by atoms with Gasteiger partial charge in [0, 0.05) is 17.6 Å². The minimum absolute atomic E-state index is 0.434. The minimum Gasteiger partial charge on any atom is -0.299 e. The molecule has 1 N–H and O–H groups in total. The number of hydrogen-bond donors (Lipinski definition) is 1. The number of nitrogens with zero attached hydrogens (tertiary/aromatic N) is 1. The number of pyridine rings is 1. The highest BCUT2D eigenvalue weighted by atomic mass is 32.2. The van der Waals surface area contributed by atoms with Crippen molar-refractivity contribution in [3.05, 3.63) is 42.1 Å². The van der Waals surface area contributed by atoms with Crippen LogP contribution in [0.15, 0.2) is 36.5 Å². The van der Waals surface area contributed by atoms with Gasteiger partial charge in [0.1, 0.15) is 0 Å². The molecule has 0 bridgehead atoms. The Morgan fingerprint density at radius 2 is 2.29 bits per heavy atom. The van der Waals surface area contributed by atoms with E-state index in [0.717, 1.165) is 5.52 Å². The standard InChI is InChI=1S/C14H16N2S/c1-10-6-8-17-14(16-10)12-4-5-13-11(9-12)3-2-7-15-13/h2-5,7,9-10,14,16H,6,8H2,1H3. The highest BCUT2D eigenvalue weighted by molar-refractivity contribution is 7.99. The van der Waals surface area contributed by atoms with Gasteiger partial charge < -0.3 is 0 Å². The van der Waals surface area contributed by atoms with Gasteiger partial charge in [0.15, 0.2) is 0 Å². The largest absolute Gasteiger partial charge is 0.299 e. The third-order valence-electron chi connectivity index (χ3n) is 3.20. The average Bonchev–Trinajstić information content (AvgIpc) is 2.38. The molecule has 0 saturated carbocycles. The Hall–Kier alpha value is -1.06. The Morgan fingerprint density at radius 3 is 3.18 bits per heavy atom. The summed E-state index contributed by atoms with van der Waals surface area (Å²) in [6.07, 6.45) is 3.11. The molecule has 0 spiro atoms. The molecule has 17 heavy (non-hydrogen) atoms. The van der Waals surface area contributed by atoms with Crippen molar-refractivity contribution in [3.8, 4) is 0 Å². The molecule has 0 aliphatic carbocycles. The topological polar surface area (TPSA) is 24.9 Å². The summed E-state index contributed by atoms with van der Waals surface area (Å²) in [4.78, 5) is 4.36. The molecule has 1 aromatic carbocycles. The molecule has 3 heteroatoms. The van der Waals surface area contributed by atoms with Crippen LogP contribution in [0, 0.1) is 0 Å². The molecule has 0 radical (unpaired) electrons. The molecular weight excluding hydrogens is 228 g/mol. The summed E-state index contributed by atoms with van der Waals surface area (Å²) in [5, 5.41) is 5.30. The van der Waals surface area contributed by atoms with Crippen molar-refractivity contribution in [1.82, 2.24) is 10.3 Å². The lowest BCUT2D eigenvalue weighted by Crippen LogP contribution is -2.33. The molecule has 1 aliphatic heterocycles. The highest BCUT2D eigenvalue weighted by Gasteiger charge is 2.19. The fraction of sp³-hybridized carbons (Fsp3) is 0.357. The van der Waals surface area contributed by atoms with Crippen LogP contribution in [0.25, 0.3) is 10.9 Å². The number of rotatable bonds is 1. The van der Waals surface area contributed by atoms with E-state index >= 15 is 0 Å². The van der Waals surface area contributed by atoms with Crippen LogP contribution in [0.1, 0.15) is 24.3 Å². The second-order valence-electron chi connectivity index (χ2n) is 4.56. The quantitative estimate of drug-likeness (QED) is 0.832. The van der Waals surface area contributed by atoms with Crippen molar-refractivity contribution in [1.29, 1.82) is 0 Å². The van der Waals surface area contributed by atoms with Gasteiger partial charge in [0.05, 0.1) is 10.9 Å². The maximum atomic E-state index is 4.36. The van der Waals surface area contributed by atoms with Crippen molar-refractivity contribution in [3.63, 3.8) is 0 Å². The van der Waals surface area contributed by atoms with E-state index in [9.17, 15) is 0 Å². The smallest absolute Gasteiger partial charge is 0.0791 e. The minimum atomic E-state index is 0.434. The van der Waals surface area contributed by atoms with Gasteiger partial charge >= 0.3 is 0 Å². The van der Waals surface area contributed by atoms with Crippen LogP contribution in [-0.4, -0.2) is 16.8 Å². The number of benzene rings is 1. The van der Waals surface area contributed by atoms with Gasteiger partial charge in [-0.15, -0.1) is 11.8 Å². The maximum absolute atomic E-state index is 4.36. The predicted octanol–water partition coefficient (Wildman–Crippen LogP) is 3.35. The summed E-state index contributed by atoms with van der Waals surface area (Å²) in [6, 6.07) is 11.3. The Kier molecular flexibility index (Phi) is 3.04. The van der Waals surface area contributed by atoms with Crippen LogP contribution in [0.5, 0.6) is 0 Å².